The first-order valence-electron chi connectivity index (χ1n) is 8.91. The van der Waals surface area contributed by atoms with Crippen molar-refractivity contribution in [2.24, 2.45) is 0 Å². The fraction of sp³-hybridized carbons (Fsp3) is 0.474. The van der Waals surface area contributed by atoms with E-state index in [1.54, 1.807) is 0 Å². The fourth-order valence-electron chi connectivity index (χ4n) is 3.25. The minimum Gasteiger partial charge on any atom is -0.394 e. The Bertz CT molecular complexity index is 778. The third kappa shape index (κ3) is 3.72. The molecule has 132 valence electrons. The van der Waals surface area contributed by atoms with Crippen LogP contribution in [0.1, 0.15) is 42.5 Å². The molecule has 1 aliphatic carbocycles. The first-order valence-corrected chi connectivity index (χ1v) is 9.29. The standard InChI is InChI=1S/C19H23ClN4O/c1-12(11-25)21-19-22-17(13-2-3-13)9-18(23-19)24-7-6-14-8-16(20)5-4-15(14)10-24/h4-5,8-9,12-13,25H,2-3,6-7,10-11H2,1H3,(H,21,22,23)/t12-/m0/s1. The Balaban J connectivity index is 1.61. The Labute approximate surface area is 153 Å². The molecule has 0 saturated heterocycles. The second-order valence-electron chi connectivity index (χ2n) is 7.06. The van der Waals surface area contributed by atoms with Gasteiger partial charge in [0.25, 0.3) is 0 Å². The Morgan fingerprint density at radius 3 is 2.88 bits per heavy atom. The molecule has 1 aromatic carbocycles. The minimum absolute atomic E-state index is 0.0597. The normalized spacial score (nSPS) is 18.0. The Kier molecular flexibility index (Phi) is 4.52. The van der Waals surface area contributed by atoms with Crippen LogP contribution < -0.4 is 10.2 Å². The summed E-state index contributed by atoms with van der Waals surface area (Å²) in [7, 11) is 0. The van der Waals surface area contributed by atoms with Crippen LogP contribution in [0.25, 0.3) is 0 Å². The molecule has 0 radical (unpaired) electrons. The van der Waals surface area contributed by atoms with Gasteiger partial charge in [-0.05, 0) is 49.4 Å². The Morgan fingerprint density at radius 1 is 1.28 bits per heavy atom. The summed E-state index contributed by atoms with van der Waals surface area (Å²) in [6.07, 6.45) is 3.37. The molecule has 2 aromatic rings. The van der Waals surface area contributed by atoms with Gasteiger partial charge >= 0.3 is 0 Å². The number of fused-ring (bicyclic) bond motifs is 1. The van der Waals surface area contributed by atoms with Gasteiger partial charge in [0, 0.05) is 36.1 Å². The highest BCUT2D eigenvalue weighted by Gasteiger charge is 2.28. The Hall–Kier alpha value is -1.85. The molecule has 0 amide bonds. The van der Waals surface area contributed by atoms with Crippen molar-refractivity contribution in [1.29, 1.82) is 0 Å². The predicted molar refractivity (Wildman–Crippen MR) is 100 cm³/mol. The average molecular weight is 359 g/mol. The zero-order valence-electron chi connectivity index (χ0n) is 14.4. The molecular weight excluding hydrogens is 336 g/mol. The number of nitrogens with zero attached hydrogens (tertiary/aromatic N) is 3. The number of anilines is 2. The lowest BCUT2D eigenvalue weighted by atomic mass is 10.00. The largest absolute Gasteiger partial charge is 0.394 e. The van der Waals surface area contributed by atoms with Crippen molar-refractivity contribution in [2.45, 2.75) is 44.7 Å². The van der Waals surface area contributed by atoms with E-state index in [-0.39, 0.29) is 12.6 Å². The fourth-order valence-corrected chi connectivity index (χ4v) is 3.45. The highest BCUT2D eigenvalue weighted by atomic mass is 35.5. The quantitative estimate of drug-likeness (QED) is 0.858. The van der Waals surface area contributed by atoms with Crippen LogP contribution in [-0.4, -0.2) is 34.3 Å². The summed E-state index contributed by atoms with van der Waals surface area (Å²) in [5.74, 6) is 2.13. The van der Waals surface area contributed by atoms with Gasteiger partial charge in [-0.2, -0.15) is 4.98 Å². The molecule has 6 heteroatoms. The summed E-state index contributed by atoms with van der Waals surface area (Å²) < 4.78 is 0. The molecule has 2 aliphatic rings. The molecule has 1 atom stereocenters. The van der Waals surface area contributed by atoms with Crippen molar-refractivity contribution in [3.8, 4) is 0 Å². The van der Waals surface area contributed by atoms with Crippen LogP contribution >= 0.6 is 11.6 Å². The highest BCUT2D eigenvalue weighted by molar-refractivity contribution is 6.30. The van der Waals surface area contributed by atoms with E-state index >= 15 is 0 Å². The number of halogens is 1. The smallest absolute Gasteiger partial charge is 0.225 e. The van der Waals surface area contributed by atoms with Gasteiger partial charge in [0.15, 0.2) is 0 Å². The zero-order chi connectivity index (χ0) is 17.4. The minimum atomic E-state index is -0.0634. The lowest BCUT2D eigenvalue weighted by Gasteiger charge is -2.30. The molecule has 2 N–H and O–H groups in total. The summed E-state index contributed by atoms with van der Waals surface area (Å²) in [5, 5.41) is 13.3. The van der Waals surface area contributed by atoms with Crippen molar-refractivity contribution in [3.05, 3.63) is 46.1 Å². The van der Waals surface area contributed by atoms with E-state index in [2.05, 4.69) is 33.4 Å². The molecule has 5 nitrogen and oxygen atoms in total. The van der Waals surface area contributed by atoms with Crippen LogP contribution in [-0.2, 0) is 13.0 Å². The second kappa shape index (κ2) is 6.81. The number of rotatable bonds is 5. The third-order valence-corrected chi connectivity index (χ3v) is 5.12. The van der Waals surface area contributed by atoms with Gasteiger partial charge in [0.2, 0.25) is 5.95 Å². The molecule has 4 rings (SSSR count). The van der Waals surface area contributed by atoms with Crippen molar-refractivity contribution < 1.29 is 5.11 Å². The number of aromatic nitrogens is 2. The van der Waals surface area contributed by atoms with Crippen LogP contribution in [0, 0.1) is 0 Å². The molecule has 1 fully saturated rings. The van der Waals surface area contributed by atoms with Gasteiger partial charge in [-0.15, -0.1) is 0 Å². The summed E-state index contributed by atoms with van der Waals surface area (Å²) in [6, 6.07) is 8.20. The summed E-state index contributed by atoms with van der Waals surface area (Å²) in [4.78, 5) is 11.7. The zero-order valence-corrected chi connectivity index (χ0v) is 15.1. The third-order valence-electron chi connectivity index (χ3n) is 4.88. The molecule has 0 unspecified atom stereocenters. The number of aliphatic hydroxyl groups is 1. The molecule has 0 bridgehead atoms. The first-order chi connectivity index (χ1) is 12.1. The van der Waals surface area contributed by atoms with Crippen LogP contribution in [0.15, 0.2) is 24.3 Å². The van der Waals surface area contributed by atoms with Gasteiger partial charge in [0.1, 0.15) is 5.82 Å². The van der Waals surface area contributed by atoms with Gasteiger partial charge < -0.3 is 15.3 Å². The number of nitrogens with one attached hydrogen (secondary N) is 1. The summed E-state index contributed by atoms with van der Waals surface area (Å²) in [6.45, 7) is 3.74. The van der Waals surface area contributed by atoms with E-state index < -0.39 is 0 Å². The molecule has 25 heavy (non-hydrogen) atoms. The summed E-state index contributed by atoms with van der Waals surface area (Å²) in [5.41, 5.74) is 3.74. The van der Waals surface area contributed by atoms with Crippen molar-refractivity contribution in [2.75, 3.05) is 23.4 Å². The maximum Gasteiger partial charge on any atom is 0.225 e. The molecule has 1 aliphatic heterocycles. The van der Waals surface area contributed by atoms with E-state index in [1.807, 2.05) is 13.0 Å². The van der Waals surface area contributed by atoms with Crippen LogP contribution in [0.5, 0.6) is 0 Å². The van der Waals surface area contributed by atoms with Gasteiger partial charge in [-0.1, -0.05) is 17.7 Å². The van der Waals surface area contributed by atoms with E-state index in [4.69, 9.17) is 16.6 Å². The molecule has 0 spiro atoms. The van der Waals surface area contributed by atoms with Gasteiger partial charge in [-0.3, -0.25) is 0 Å². The second-order valence-corrected chi connectivity index (χ2v) is 7.50. The predicted octanol–water partition coefficient (Wildman–Crippen LogP) is 3.36. The maximum atomic E-state index is 9.30. The van der Waals surface area contributed by atoms with Crippen molar-refractivity contribution >= 4 is 23.4 Å². The molecule has 2 heterocycles. The first kappa shape index (κ1) is 16.6. The lowest BCUT2D eigenvalue weighted by molar-refractivity contribution is 0.281. The SMILES string of the molecule is C[C@@H](CO)Nc1nc(C2CC2)cc(N2CCc3cc(Cl)ccc3C2)n1. The number of aliphatic hydroxyl groups excluding tert-OH is 1. The highest BCUT2D eigenvalue weighted by Crippen LogP contribution is 2.40. The van der Waals surface area contributed by atoms with E-state index in [1.165, 1.54) is 24.0 Å². The maximum absolute atomic E-state index is 9.30. The van der Waals surface area contributed by atoms with Crippen LogP contribution in [0.3, 0.4) is 0 Å². The molecule has 1 aromatic heterocycles. The average Bonchev–Trinajstić information content (AvgIpc) is 3.46. The van der Waals surface area contributed by atoms with Crippen molar-refractivity contribution in [3.63, 3.8) is 0 Å². The van der Waals surface area contributed by atoms with E-state index in [0.717, 1.165) is 36.0 Å². The number of hydrogen-bond donors (Lipinski definition) is 2. The number of hydrogen-bond acceptors (Lipinski definition) is 5. The lowest BCUT2D eigenvalue weighted by Crippen LogP contribution is -2.31. The molecule has 1 saturated carbocycles. The van der Waals surface area contributed by atoms with Crippen LogP contribution in [0.2, 0.25) is 5.02 Å². The van der Waals surface area contributed by atoms with Crippen LogP contribution in [0.4, 0.5) is 11.8 Å². The van der Waals surface area contributed by atoms with E-state index in [0.29, 0.717) is 11.9 Å². The van der Waals surface area contributed by atoms with E-state index in [9.17, 15) is 5.11 Å². The monoisotopic (exact) mass is 358 g/mol. The topological polar surface area (TPSA) is 61.3 Å². The summed E-state index contributed by atoms with van der Waals surface area (Å²) >= 11 is 6.11. The number of benzene rings is 1. The van der Waals surface area contributed by atoms with Crippen molar-refractivity contribution in [1.82, 2.24) is 9.97 Å². The Morgan fingerprint density at radius 2 is 2.12 bits per heavy atom. The van der Waals surface area contributed by atoms with Gasteiger partial charge in [-0.25, -0.2) is 4.98 Å². The van der Waals surface area contributed by atoms with Gasteiger partial charge in [0.05, 0.1) is 12.3 Å². The molecular formula is C19H23ClN4O.